The lowest BCUT2D eigenvalue weighted by Crippen LogP contribution is -2.66. The van der Waals surface area contributed by atoms with Crippen molar-refractivity contribution in [3.05, 3.63) is 28.7 Å². The molecule has 1 aromatic carbocycles. The number of carbonyl (C=O) groups excluding carboxylic acids is 3. The molecule has 4 aliphatic carbocycles. The van der Waals surface area contributed by atoms with E-state index in [1.54, 1.807) is 24.3 Å². The molecule has 8 heteroatoms. The molecular weight excluding hydrogens is 614 g/mol. The van der Waals surface area contributed by atoms with Crippen LogP contribution >= 0.6 is 27.7 Å². The molecule has 4 saturated carbocycles. The molecule has 2 unspecified atom stereocenters. The largest absolute Gasteiger partial charge is 0.411 e. The van der Waals surface area contributed by atoms with E-state index in [2.05, 4.69) is 67.0 Å². The molecule has 3 N–H and O–H groups in total. The van der Waals surface area contributed by atoms with E-state index in [4.69, 9.17) is 5.73 Å². The quantitative estimate of drug-likeness (QED) is 0.302. The number of primary amides is 1. The number of nitrogens with two attached hydrogens (primary N) is 1. The van der Waals surface area contributed by atoms with Gasteiger partial charge in [0, 0.05) is 16.8 Å². The number of halogens is 1. The fraction of sp³-hybridized carbons (Fsp3) is 0.735. The fourth-order valence-electron chi connectivity index (χ4n) is 9.58. The molecule has 5 rings (SSSR count). The molecule has 0 saturated heterocycles. The number of hydrogen-bond donors (Lipinski definition) is 2. The van der Waals surface area contributed by atoms with E-state index in [0.717, 1.165) is 42.5 Å². The first-order valence-electron chi connectivity index (χ1n) is 15.7. The van der Waals surface area contributed by atoms with Crippen molar-refractivity contribution in [2.24, 2.45) is 58.0 Å². The van der Waals surface area contributed by atoms with Gasteiger partial charge in [-0.1, -0.05) is 57.5 Å². The Morgan fingerprint density at radius 3 is 2.33 bits per heavy atom. The summed E-state index contributed by atoms with van der Waals surface area (Å²) in [7, 11) is 0. The second kappa shape index (κ2) is 12.9. The van der Waals surface area contributed by atoms with Gasteiger partial charge in [-0.2, -0.15) is 11.8 Å². The highest BCUT2D eigenvalue weighted by molar-refractivity contribution is 9.10. The van der Waals surface area contributed by atoms with Crippen molar-refractivity contribution < 1.29 is 24.2 Å². The van der Waals surface area contributed by atoms with Crippen LogP contribution < -0.4 is 10.5 Å². The predicted octanol–water partition coefficient (Wildman–Crippen LogP) is 7.69. The minimum Gasteiger partial charge on any atom is -0.411 e. The van der Waals surface area contributed by atoms with E-state index in [1.165, 1.54) is 17.9 Å². The molecular formula is C34H50BrNO5S. The molecule has 4 fully saturated rings. The van der Waals surface area contributed by atoms with Gasteiger partial charge in [-0.3, -0.25) is 9.59 Å². The van der Waals surface area contributed by atoms with Gasteiger partial charge in [0.1, 0.15) is 5.75 Å². The van der Waals surface area contributed by atoms with Crippen LogP contribution in [0.2, 0.25) is 0 Å². The van der Waals surface area contributed by atoms with Crippen molar-refractivity contribution >= 4 is 45.4 Å². The van der Waals surface area contributed by atoms with Gasteiger partial charge >= 0.3 is 6.09 Å². The van der Waals surface area contributed by atoms with Crippen LogP contribution in [0.25, 0.3) is 0 Å². The van der Waals surface area contributed by atoms with Crippen molar-refractivity contribution in [3.63, 3.8) is 0 Å². The lowest BCUT2D eigenvalue weighted by atomic mass is 9.40. The van der Waals surface area contributed by atoms with E-state index in [9.17, 15) is 19.5 Å². The minimum absolute atomic E-state index is 0.147. The first-order chi connectivity index (χ1) is 19.6. The minimum atomic E-state index is -0.799. The highest BCUT2D eigenvalue weighted by Crippen LogP contribution is 2.70. The van der Waals surface area contributed by atoms with E-state index in [1.807, 2.05) is 6.92 Å². The number of carbonyl (C=O) groups is 3. The molecule has 4 aliphatic rings. The van der Waals surface area contributed by atoms with E-state index >= 15 is 0 Å². The Morgan fingerprint density at radius 2 is 1.71 bits per heavy atom. The van der Waals surface area contributed by atoms with Crippen LogP contribution in [-0.2, 0) is 9.59 Å². The van der Waals surface area contributed by atoms with Crippen LogP contribution in [0.4, 0.5) is 4.79 Å². The number of thioether (sulfide) groups is 1. The summed E-state index contributed by atoms with van der Waals surface area (Å²) in [6.45, 7) is 13.7. The van der Waals surface area contributed by atoms with Crippen LogP contribution in [0.1, 0.15) is 86.5 Å². The van der Waals surface area contributed by atoms with Crippen molar-refractivity contribution in [3.8, 4) is 5.75 Å². The average Bonchev–Trinajstić information content (AvgIpc) is 3.28. The number of benzene rings is 1. The number of Topliss-reactive ketones (excluding diaryl/α,β-unsaturated/α-hetero) is 2. The zero-order valence-electron chi connectivity index (χ0n) is 26.2. The first-order valence-corrected chi connectivity index (χ1v) is 17.7. The van der Waals surface area contributed by atoms with Gasteiger partial charge in [-0.05, 0) is 121 Å². The maximum Gasteiger partial charge on any atom is 0.409 e. The molecule has 234 valence electrons. The molecule has 0 aliphatic heterocycles. The second-order valence-electron chi connectivity index (χ2n) is 14.4. The monoisotopic (exact) mass is 663 g/mol. The third-order valence-corrected chi connectivity index (χ3v) is 13.9. The molecule has 6 nitrogen and oxygen atoms in total. The molecule has 1 aromatic rings. The molecule has 0 spiro atoms. The van der Waals surface area contributed by atoms with Crippen LogP contribution in [-0.4, -0.2) is 39.9 Å². The summed E-state index contributed by atoms with van der Waals surface area (Å²) in [6, 6.07) is 6.82. The third-order valence-electron chi connectivity index (χ3n) is 11.7. The molecule has 42 heavy (non-hydrogen) atoms. The Morgan fingerprint density at radius 1 is 1.05 bits per heavy atom. The van der Waals surface area contributed by atoms with E-state index in [-0.39, 0.29) is 40.2 Å². The van der Waals surface area contributed by atoms with Crippen molar-refractivity contribution in [1.29, 1.82) is 0 Å². The molecule has 1 amide bonds. The van der Waals surface area contributed by atoms with E-state index < -0.39 is 11.7 Å². The number of amides is 1. The third kappa shape index (κ3) is 6.24. The summed E-state index contributed by atoms with van der Waals surface area (Å²) in [6.07, 6.45) is 5.83. The molecule has 9 atom stereocenters. The summed E-state index contributed by atoms with van der Waals surface area (Å²) in [5.74, 6) is 5.11. The summed E-state index contributed by atoms with van der Waals surface area (Å²) in [4.78, 5) is 35.3. The van der Waals surface area contributed by atoms with Crippen LogP contribution in [0, 0.1) is 52.3 Å². The fourth-order valence-corrected chi connectivity index (χ4v) is 11.1. The smallest absolute Gasteiger partial charge is 0.409 e. The number of fused-ring (bicyclic) bond motifs is 5. The topological polar surface area (TPSA) is 107 Å². The second-order valence-corrected chi connectivity index (χ2v) is 16.4. The van der Waals surface area contributed by atoms with Gasteiger partial charge in [-0.15, -0.1) is 0 Å². The van der Waals surface area contributed by atoms with Crippen molar-refractivity contribution in [2.45, 2.75) is 92.1 Å². The predicted molar refractivity (Wildman–Crippen MR) is 172 cm³/mol. The zero-order chi connectivity index (χ0) is 31.0. The molecule has 0 heterocycles. The number of hydrogen-bond acceptors (Lipinski definition) is 6. The molecule has 0 radical (unpaired) electrons. The Kier molecular flexibility index (Phi) is 10.3. The SMILES string of the molecule is CC(C)CSC[C@@H](C)[C@H]1CC[C@@H]2[C@]1(C)CC[C@@H]1[C@]3(C)C(CC[C@]12O)CC(=O)C(=O)C3C.NC(=O)Oc1ccc(Br)cc1. The van der Waals surface area contributed by atoms with Crippen LogP contribution in [0.3, 0.4) is 0 Å². The summed E-state index contributed by atoms with van der Waals surface area (Å²) in [5, 5.41) is 12.3. The summed E-state index contributed by atoms with van der Waals surface area (Å²) in [5.41, 5.74) is 4.07. The van der Waals surface area contributed by atoms with Crippen molar-refractivity contribution in [1.82, 2.24) is 0 Å². The van der Waals surface area contributed by atoms with Gasteiger partial charge in [0.05, 0.1) is 5.60 Å². The molecule has 0 bridgehead atoms. The maximum atomic E-state index is 12.7. The standard InChI is InChI=1S/C27H44O3S.C7H6BrNO2/c1-16(2)14-31-15-17(3)20-7-8-22-25(20,5)11-10-23-26(6)18(4)24(29)21(28)13-19(26)9-12-27(22,23)30;8-5-1-3-6(4-2-5)11-7(9)10/h16-20,22-23,30H,7-15H2,1-6H3;1-4H,(H2,9,10)/t17-,18?,19?,20-,22-,23-,25-,26+,27-;/m1./s1. The maximum absolute atomic E-state index is 12.7. The number of ketones is 2. The lowest BCUT2D eigenvalue weighted by Gasteiger charge is -2.65. The van der Waals surface area contributed by atoms with Gasteiger partial charge in [-0.25, -0.2) is 4.79 Å². The van der Waals surface area contributed by atoms with Crippen LogP contribution in [0.15, 0.2) is 28.7 Å². The highest BCUT2D eigenvalue weighted by atomic mass is 79.9. The van der Waals surface area contributed by atoms with Crippen LogP contribution in [0.5, 0.6) is 5.75 Å². The number of aliphatic hydroxyl groups is 1. The molecule has 0 aromatic heterocycles. The zero-order valence-corrected chi connectivity index (χ0v) is 28.6. The summed E-state index contributed by atoms with van der Waals surface area (Å²) < 4.78 is 5.51. The highest BCUT2D eigenvalue weighted by Gasteiger charge is 2.69. The normalized spacial score (nSPS) is 38.1. The average molecular weight is 665 g/mol. The summed E-state index contributed by atoms with van der Waals surface area (Å²) >= 11 is 5.34. The Labute approximate surface area is 264 Å². The Balaban J connectivity index is 0.000000310. The number of rotatable bonds is 6. The number of ether oxygens (including phenoxy) is 1. The Bertz CT molecular complexity index is 1160. The first kappa shape index (κ1) is 33.5. The van der Waals surface area contributed by atoms with Gasteiger partial charge in [0.15, 0.2) is 5.78 Å². The Hall–Kier alpha value is -1.38. The van der Waals surface area contributed by atoms with Crippen molar-refractivity contribution in [2.75, 3.05) is 11.5 Å². The van der Waals surface area contributed by atoms with Gasteiger partial charge in [0.25, 0.3) is 0 Å². The lowest BCUT2D eigenvalue weighted by molar-refractivity contribution is -0.229. The van der Waals surface area contributed by atoms with E-state index in [0.29, 0.717) is 29.9 Å². The van der Waals surface area contributed by atoms with Gasteiger partial charge in [0.2, 0.25) is 5.78 Å². The van der Waals surface area contributed by atoms with Gasteiger partial charge < -0.3 is 15.6 Å².